The van der Waals surface area contributed by atoms with Gasteiger partial charge in [-0.2, -0.15) is 15.0 Å². The topological polar surface area (TPSA) is 137 Å². The number of morpholine rings is 2. The number of methoxy groups -OCH3 is 1. The van der Waals surface area contributed by atoms with Crippen LogP contribution in [-0.2, 0) is 23.8 Å². The molecule has 0 saturated carbocycles. The summed E-state index contributed by atoms with van der Waals surface area (Å²) < 4.78 is 21.4. The number of rotatable bonds is 7. The summed E-state index contributed by atoms with van der Waals surface area (Å²) in [4.78, 5) is 55.1. The van der Waals surface area contributed by atoms with Gasteiger partial charge in [-0.15, -0.1) is 0 Å². The summed E-state index contributed by atoms with van der Waals surface area (Å²) in [6.07, 6.45) is 1.59. The van der Waals surface area contributed by atoms with E-state index in [4.69, 9.17) is 14.2 Å². The molecule has 0 spiro atoms. The molecule has 3 aliphatic heterocycles. The zero-order chi connectivity index (χ0) is 26.5. The van der Waals surface area contributed by atoms with Crippen LogP contribution in [0.5, 0.6) is 11.8 Å². The minimum Gasteiger partial charge on any atom is -0.468 e. The molecule has 0 unspecified atom stereocenters. The first-order valence-electron chi connectivity index (χ1n) is 12.0. The van der Waals surface area contributed by atoms with Gasteiger partial charge in [0.1, 0.15) is 12.3 Å². The first-order chi connectivity index (χ1) is 18.5. The van der Waals surface area contributed by atoms with Crippen LogP contribution in [0.4, 0.5) is 16.7 Å². The number of hydrogen-bond donors (Lipinski definition) is 0. The van der Waals surface area contributed by atoms with Crippen LogP contribution >= 0.6 is 11.8 Å². The average molecular weight is 543 g/mol. The maximum atomic E-state index is 12.5. The van der Waals surface area contributed by atoms with Gasteiger partial charge in [0, 0.05) is 26.2 Å². The van der Waals surface area contributed by atoms with Crippen LogP contribution in [-0.4, -0.2) is 103 Å². The Labute approximate surface area is 222 Å². The Morgan fingerprint density at radius 3 is 2.08 bits per heavy atom. The molecular weight excluding hydrogens is 516 g/mol. The quantitative estimate of drug-likeness (QED) is 0.370. The Morgan fingerprint density at radius 1 is 0.947 bits per heavy atom. The molecule has 3 saturated heterocycles. The molecule has 1 aromatic heterocycles. The number of esters is 1. The van der Waals surface area contributed by atoms with Crippen molar-refractivity contribution in [2.75, 3.05) is 76.1 Å². The summed E-state index contributed by atoms with van der Waals surface area (Å²) in [6.45, 7) is 4.65. The highest BCUT2D eigenvalue weighted by atomic mass is 32.2. The molecule has 5 rings (SSSR count). The van der Waals surface area contributed by atoms with Crippen molar-refractivity contribution in [2.24, 2.45) is 0 Å². The third kappa shape index (κ3) is 6.03. The number of hydrogen-bond acceptors (Lipinski definition) is 13. The molecule has 3 fully saturated rings. The van der Waals surface area contributed by atoms with Crippen molar-refractivity contribution in [2.45, 2.75) is 0 Å². The van der Waals surface area contributed by atoms with Gasteiger partial charge in [0.15, 0.2) is 0 Å². The molecule has 13 nitrogen and oxygen atoms in total. The summed E-state index contributed by atoms with van der Waals surface area (Å²) in [5.41, 5.74) is 0.680. The predicted molar refractivity (Wildman–Crippen MR) is 137 cm³/mol. The van der Waals surface area contributed by atoms with E-state index in [0.29, 0.717) is 75.8 Å². The fourth-order valence-electron chi connectivity index (χ4n) is 3.91. The van der Waals surface area contributed by atoms with E-state index < -0.39 is 23.7 Å². The van der Waals surface area contributed by atoms with Gasteiger partial charge in [-0.3, -0.25) is 19.3 Å². The maximum absolute atomic E-state index is 12.5. The Morgan fingerprint density at radius 2 is 1.53 bits per heavy atom. The van der Waals surface area contributed by atoms with Crippen molar-refractivity contribution < 1.29 is 33.3 Å². The van der Waals surface area contributed by atoms with Gasteiger partial charge in [-0.25, -0.2) is 0 Å². The number of ether oxygens (including phenoxy) is 4. The summed E-state index contributed by atoms with van der Waals surface area (Å²) >= 11 is 0.772. The number of carbonyl (C=O) groups excluding carboxylic acids is 3. The predicted octanol–water partition coefficient (Wildman–Crippen LogP) is 1.55. The van der Waals surface area contributed by atoms with E-state index in [1.54, 1.807) is 30.3 Å². The zero-order valence-corrected chi connectivity index (χ0v) is 21.5. The lowest BCUT2D eigenvalue weighted by Crippen LogP contribution is -2.40. The van der Waals surface area contributed by atoms with E-state index >= 15 is 0 Å². The molecule has 0 aliphatic carbocycles. The van der Waals surface area contributed by atoms with Crippen molar-refractivity contribution in [3.63, 3.8) is 0 Å². The van der Waals surface area contributed by atoms with Gasteiger partial charge in [0.25, 0.3) is 11.1 Å². The highest BCUT2D eigenvalue weighted by molar-refractivity contribution is 8.18. The van der Waals surface area contributed by atoms with Crippen LogP contribution in [0, 0.1) is 0 Å². The van der Waals surface area contributed by atoms with E-state index in [1.165, 1.54) is 7.11 Å². The summed E-state index contributed by atoms with van der Waals surface area (Å²) in [5, 5.41) is -0.520. The van der Waals surface area contributed by atoms with Crippen LogP contribution in [0.25, 0.3) is 6.08 Å². The maximum Gasteiger partial charge on any atom is 0.328 e. The van der Waals surface area contributed by atoms with Gasteiger partial charge < -0.3 is 28.7 Å². The lowest BCUT2D eigenvalue weighted by Gasteiger charge is -2.30. The Bertz CT molecular complexity index is 1190. The van der Waals surface area contributed by atoms with Crippen molar-refractivity contribution in [1.29, 1.82) is 0 Å². The molecule has 3 aliphatic rings. The molecule has 200 valence electrons. The molecule has 4 heterocycles. The lowest BCUT2D eigenvalue weighted by molar-refractivity contribution is -0.143. The van der Waals surface area contributed by atoms with Crippen LogP contribution in [0.15, 0.2) is 29.2 Å². The van der Waals surface area contributed by atoms with Gasteiger partial charge in [0.2, 0.25) is 11.9 Å². The van der Waals surface area contributed by atoms with Gasteiger partial charge >= 0.3 is 12.0 Å². The minimum atomic E-state index is -0.665. The lowest BCUT2D eigenvalue weighted by atomic mass is 10.2. The molecule has 0 radical (unpaired) electrons. The Kier molecular flexibility index (Phi) is 8.00. The highest BCUT2D eigenvalue weighted by Gasteiger charge is 2.36. The number of nitrogens with zero attached hydrogens (tertiary/aromatic N) is 6. The third-order valence-electron chi connectivity index (χ3n) is 5.95. The van der Waals surface area contributed by atoms with Crippen LogP contribution in [0.2, 0.25) is 0 Å². The number of amides is 2. The number of benzene rings is 1. The fraction of sp³-hybridized carbons (Fsp3) is 0.417. The van der Waals surface area contributed by atoms with E-state index in [0.717, 1.165) is 16.7 Å². The number of thioether (sulfide) groups is 1. The van der Waals surface area contributed by atoms with E-state index in [1.807, 2.05) is 9.80 Å². The van der Waals surface area contributed by atoms with Crippen LogP contribution in [0.3, 0.4) is 0 Å². The summed E-state index contributed by atoms with van der Waals surface area (Å²) in [5.74, 6) is 0.343. The Balaban J connectivity index is 1.32. The van der Waals surface area contributed by atoms with Gasteiger partial charge in [-0.05, 0) is 35.5 Å². The normalized spacial score (nSPS) is 19.3. The van der Waals surface area contributed by atoms with Crippen molar-refractivity contribution in [3.05, 3.63) is 34.7 Å². The Hall–Kier alpha value is -3.75. The van der Waals surface area contributed by atoms with Crippen LogP contribution < -0.4 is 14.5 Å². The van der Waals surface area contributed by atoms with Gasteiger partial charge in [0.05, 0.1) is 38.4 Å². The molecule has 2 aromatic rings. The number of aromatic nitrogens is 3. The van der Waals surface area contributed by atoms with Crippen molar-refractivity contribution in [1.82, 2.24) is 19.9 Å². The fourth-order valence-corrected chi connectivity index (χ4v) is 4.75. The summed E-state index contributed by atoms with van der Waals surface area (Å²) in [7, 11) is 1.20. The molecular formula is C24H26N6O7S. The standard InChI is InChI=1S/C24H26N6O7S/c1-34-19(31)15-30-20(32)18(38-24(30)33)14-16-2-4-17(5-3-16)37-23-26-21(28-6-10-35-11-7-28)25-22(27-23)29-8-12-36-13-9-29/h2-5,14H,6-13,15H2,1H3/b18-14-. The number of anilines is 2. The van der Waals surface area contributed by atoms with Gasteiger partial charge in [-0.1, -0.05) is 12.1 Å². The average Bonchev–Trinajstić information content (AvgIpc) is 3.22. The minimum absolute atomic E-state index is 0.166. The van der Waals surface area contributed by atoms with Crippen molar-refractivity contribution in [3.8, 4) is 11.8 Å². The largest absolute Gasteiger partial charge is 0.468 e. The smallest absolute Gasteiger partial charge is 0.328 e. The molecule has 2 amide bonds. The van der Waals surface area contributed by atoms with E-state index in [-0.39, 0.29) is 10.9 Å². The first kappa shape index (κ1) is 25.9. The molecule has 0 N–H and O–H groups in total. The van der Waals surface area contributed by atoms with Crippen molar-refractivity contribution >= 4 is 46.9 Å². The molecule has 0 atom stereocenters. The molecule has 14 heteroatoms. The second-order valence-corrected chi connectivity index (χ2v) is 9.43. The molecule has 0 bridgehead atoms. The number of imide groups is 1. The summed E-state index contributed by atoms with van der Waals surface area (Å²) in [6, 6.07) is 7.10. The highest BCUT2D eigenvalue weighted by Crippen LogP contribution is 2.32. The van der Waals surface area contributed by atoms with E-state index in [9.17, 15) is 14.4 Å². The second kappa shape index (κ2) is 11.8. The van der Waals surface area contributed by atoms with E-state index in [2.05, 4.69) is 19.7 Å². The molecule has 38 heavy (non-hydrogen) atoms. The first-order valence-corrected chi connectivity index (χ1v) is 12.8. The zero-order valence-electron chi connectivity index (χ0n) is 20.7. The van der Waals surface area contributed by atoms with Crippen LogP contribution in [0.1, 0.15) is 5.56 Å². The second-order valence-electron chi connectivity index (χ2n) is 8.43. The third-order valence-corrected chi connectivity index (χ3v) is 6.86. The number of carbonyl (C=O) groups is 3. The SMILES string of the molecule is COC(=O)CN1C(=O)S/C(=C\c2ccc(Oc3nc(N4CCOCC4)nc(N4CCOCC4)n3)cc2)C1=O. The molecule has 1 aromatic carbocycles. The monoisotopic (exact) mass is 542 g/mol.